The minimum atomic E-state index is -3.51. The molecule has 2 aromatic rings. The molecule has 1 saturated heterocycles. The lowest BCUT2D eigenvalue weighted by molar-refractivity contribution is -0.127. The molecule has 1 N–H and O–H groups in total. The number of likely N-dealkylation sites (tertiary alicyclic amines) is 1. The molecule has 2 aromatic carbocycles. The summed E-state index contributed by atoms with van der Waals surface area (Å²) in [5.41, 5.74) is -0.104. The number of sulfone groups is 1. The van der Waals surface area contributed by atoms with Gasteiger partial charge in [-0.25, -0.2) is 21.6 Å². The lowest BCUT2D eigenvalue weighted by atomic mass is 9.97. The SMILES string of the molecule is CS(=O)(=O)c1cccc(C(=O)N2CCCC[C@@H]2C(=O)N[C@@H](c2ccc(C(F)F)cc2F)C2CC2)c1. The molecule has 0 aromatic heterocycles. The topological polar surface area (TPSA) is 83.6 Å². The third-order valence-corrected chi connectivity index (χ3v) is 7.69. The van der Waals surface area contributed by atoms with Crippen LogP contribution in [0.4, 0.5) is 13.2 Å². The Hall–Kier alpha value is -2.88. The predicted octanol–water partition coefficient (Wildman–Crippen LogP) is 4.43. The van der Waals surface area contributed by atoms with Crippen LogP contribution < -0.4 is 5.32 Å². The Morgan fingerprint density at radius 2 is 1.80 bits per heavy atom. The quantitative estimate of drug-likeness (QED) is 0.600. The van der Waals surface area contributed by atoms with Crippen molar-refractivity contribution in [3.05, 3.63) is 65.0 Å². The second-order valence-electron chi connectivity index (χ2n) is 9.22. The van der Waals surface area contributed by atoms with Gasteiger partial charge in [-0.05, 0) is 62.3 Å². The van der Waals surface area contributed by atoms with E-state index in [9.17, 15) is 31.2 Å². The summed E-state index contributed by atoms with van der Waals surface area (Å²) in [5, 5.41) is 2.87. The average molecular weight is 509 g/mol. The highest BCUT2D eigenvalue weighted by molar-refractivity contribution is 7.90. The number of halogens is 3. The monoisotopic (exact) mass is 508 g/mol. The highest BCUT2D eigenvalue weighted by atomic mass is 32.2. The highest BCUT2D eigenvalue weighted by Gasteiger charge is 2.39. The highest BCUT2D eigenvalue weighted by Crippen LogP contribution is 2.42. The molecule has 2 atom stereocenters. The number of alkyl halides is 2. The molecule has 1 saturated carbocycles. The zero-order valence-corrected chi connectivity index (χ0v) is 20.0. The molecule has 188 valence electrons. The van der Waals surface area contributed by atoms with Gasteiger partial charge in [0, 0.05) is 29.5 Å². The first-order valence-corrected chi connectivity index (χ1v) is 13.4. The molecule has 0 unspecified atom stereocenters. The van der Waals surface area contributed by atoms with E-state index >= 15 is 0 Å². The number of nitrogens with zero attached hydrogens (tertiary/aromatic N) is 1. The van der Waals surface area contributed by atoms with Gasteiger partial charge >= 0.3 is 0 Å². The summed E-state index contributed by atoms with van der Waals surface area (Å²) in [7, 11) is -3.51. The third kappa shape index (κ3) is 5.69. The van der Waals surface area contributed by atoms with E-state index in [1.165, 1.54) is 35.2 Å². The van der Waals surface area contributed by atoms with Gasteiger partial charge in [-0.3, -0.25) is 9.59 Å². The van der Waals surface area contributed by atoms with Crippen LogP contribution in [0.3, 0.4) is 0 Å². The molecule has 2 fully saturated rings. The minimum Gasteiger partial charge on any atom is -0.347 e. The Bertz CT molecular complexity index is 1230. The first-order valence-electron chi connectivity index (χ1n) is 11.5. The van der Waals surface area contributed by atoms with Crippen LogP contribution in [0, 0.1) is 11.7 Å². The fourth-order valence-corrected chi connectivity index (χ4v) is 5.20. The molecule has 6 nitrogen and oxygen atoms in total. The molecule has 0 bridgehead atoms. The molecule has 2 amide bonds. The van der Waals surface area contributed by atoms with E-state index in [0.717, 1.165) is 37.7 Å². The van der Waals surface area contributed by atoms with Gasteiger partial charge < -0.3 is 10.2 Å². The molecular formula is C25H27F3N2O4S. The number of benzene rings is 2. The summed E-state index contributed by atoms with van der Waals surface area (Å²) < 4.78 is 64.4. The molecule has 1 heterocycles. The summed E-state index contributed by atoms with van der Waals surface area (Å²) in [5.74, 6) is -1.70. The zero-order valence-electron chi connectivity index (χ0n) is 19.2. The lowest BCUT2D eigenvalue weighted by Gasteiger charge is -2.36. The van der Waals surface area contributed by atoms with Crippen molar-refractivity contribution in [3.63, 3.8) is 0 Å². The lowest BCUT2D eigenvalue weighted by Crippen LogP contribution is -2.52. The molecule has 1 aliphatic heterocycles. The Balaban J connectivity index is 1.56. The largest absolute Gasteiger partial charge is 0.347 e. The van der Waals surface area contributed by atoms with E-state index in [2.05, 4.69) is 5.32 Å². The maximum atomic E-state index is 14.7. The number of carbonyl (C=O) groups is 2. The average Bonchev–Trinajstić information content (AvgIpc) is 3.67. The van der Waals surface area contributed by atoms with E-state index in [-0.39, 0.29) is 21.9 Å². The summed E-state index contributed by atoms with van der Waals surface area (Å²) in [4.78, 5) is 28.0. The first kappa shape index (κ1) is 25.2. The van der Waals surface area contributed by atoms with Gasteiger partial charge in [-0.15, -0.1) is 0 Å². The normalized spacial score (nSPS) is 19.5. The van der Waals surface area contributed by atoms with E-state index in [4.69, 9.17) is 0 Å². The maximum Gasteiger partial charge on any atom is 0.263 e. The van der Waals surface area contributed by atoms with Crippen LogP contribution in [0.2, 0.25) is 0 Å². The number of hydrogen-bond donors (Lipinski definition) is 1. The van der Waals surface area contributed by atoms with Crippen molar-refractivity contribution in [2.24, 2.45) is 5.92 Å². The standard InChI is InChI=1S/C25H27F3N2O4S/c1-35(33,34)18-6-4-5-17(13-18)25(32)30-12-3-2-7-21(30)24(31)29-22(15-8-9-15)19-11-10-16(23(27)28)14-20(19)26/h4-6,10-11,13-15,21-23H,2-3,7-9,12H2,1H3,(H,29,31)/t21-,22-/m1/s1. The Kier molecular flexibility index (Phi) is 7.21. The number of piperidine rings is 1. The van der Waals surface area contributed by atoms with Crippen LogP contribution in [0.15, 0.2) is 47.4 Å². The van der Waals surface area contributed by atoms with Gasteiger partial charge in [0.1, 0.15) is 11.9 Å². The van der Waals surface area contributed by atoms with Gasteiger partial charge in [0.2, 0.25) is 5.91 Å². The summed E-state index contributed by atoms with van der Waals surface area (Å²) in [6, 6.07) is 7.47. The van der Waals surface area contributed by atoms with Gasteiger partial charge in [-0.2, -0.15) is 0 Å². The number of amides is 2. The Morgan fingerprint density at radius 1 is 1.06 bits per heavy atom. The van der Waals surface area contributed by atoms with Crippen molar-refractivity contribution in [1.29, 1.82) is 0 Å². The molecular weight excluding hydrogens is 481 g/mol. The molecule has 1 aliphatic carbocycles. The number of nitrogens with one attached hydrogen (secondary N) is 1. The Labute approximate surface area is 202 Å². The van der Waals surface area contributed by atoms with Crippen LogP contribution in [0.25, 0.3) is 0 Å². The molecule has 2 aliphatic rings. The molecule has 35 heavy (non-hydrogen) atoms. The van der Waals surface area contributed by atoms with Crippen molar-refractivity contribution in [2.75, 3.05) is 12.8 Å². The summed E-state index contributed by atoms with van der Waals surface area (Å²) in [6.45, 7) is 0.325. The molecule has 10 heteroatoms. The van der Waals surface area contributed by atoms with Crippen LogP contribution >= 0.6 is 0 Å². The smallest absolute Gasteiger partial charge is 0.263 e. The molecule has 0 radical (unpaired) electrons. The van der Waals surface area contributed by atoms with Gasteiger partial charge in [0.15, 0.2) is 9.84 Å². The van der Waals surface area contributed by atoms with Gasteiger partial charge in [0.25, 0.3) is 12.3 Å². The van der Waals surface area contributed by atoms with Crippen molar-refractivity contribution in [1.82, 2.24) is 10.2 Å². The third-order valence-electron chi connectivity index (χ3n) is 6.58. The van der Waals surface area contributed by atoms with Crippen LogP contribution in [-0.2, 0) is 14.6 Å². The van der Waals surface area contributed by atoms with E-state index in [0.29, 0.717) is 19.4 Å². The zero-order chi connectivity index (χ0) is 25.3. The first-order chi connectivity index (χ1) is 16.6. The fourth-order valence-electron chi connectivity index (χ4n) is 4.53. The Morgan fingerprint density at radius 3 is 2.43 bits per heavy atom. The predicted molar refractivity (Wildman–Crippen MR) is 123 cm³/mol. The van der Waals surface area contributed by atoms with Crippen LogP contribution in [0.5, 0.6) is 0 Å². The van der Waals surface area contributed by atoms with Crippen molar-refractivity contribution >= 4 is 21.7 Å². The minimum absolute atomic E-state index is 0.00923. The number of rotatable bonds is 7. The van der Waals surface area contributed by atoms with E-state index in [1.807, 2.05) is 0 Å². The second-order valence-corrected chi connectivity index (χ2v) is 11.2. The van der Waals surface area contributed by atoms with Crippen molar-refractivity contribution in [3.8, 4) is 0 Å². The van der Waals surface area contributed by atoms with Gasteiger partial charge in [-0.1, -0.05) is 18.2 Å². The van der Waals surface area contributed by atoms with E-state index in [1.54, 1.807) is 0 Å². The fraction of sp³-hybridized carbons (Fsp3) is 0.440. The van der Waals surface area contributed by atoms with Crippen molar-refractivity contribution in [2.45, 2.75) is 55.5 Å². The van der Waals surface area contributed by atoms with Crippen LogP contribution in [0.1, 0.15) is 66.1 Å². The number of hydrogen-bond acceptors (Lipinski definition) is 4. The van der Waals surface area contributed by atoms with Crippen molar-refractivity contribution < 1.29 is 31.2 Å². The molecule has 0 spiro atoms. The number of carbonyl (C=O) groups excluding carboxylic acids is 2. The molecule has 4 rings (SSSR count). The summed E-state index contributed by atoms with van der Waals surface area (Å²) >= 11 is 0. The van der Waals surface area contributed by atoms with Gasteiger partial charge in [0.05, 0.1) is 10.9 Å². The second kappa shape index (κ2) is 10.0. The van der Waals surface area contributed by atoms with E-state index < -0.39 is 51.5 Å². The van der Waals surface area contributed by atoms with Crippen LogP contribution in [-0.4, -0.2) is 44.0 Å². The maximum absolute atomic E-state index is 14.7. The summed E-state index contributed by atoms with van der Waals surface area (Å²) in [6.07, 6.45) is 1.62.